The van der Waals surface area contributed by atoms with Crippen LogP contribution in [0.25, 0.3) is 0 Å². The molecule has 1 aromatic rings. The fourth-order valence-corrected chi connectivity index (χ4v) is 4.65. The van der Waals surface area contributed by atoms with Crippen molar-refractivity contribution in [2.24, 2.45) is 21.6 Å². The van der Waals surface area contributed by atoms with Crippen molar-refractivity contribution in [3.63, 3.8) is 0 Å². The van der Waals surface area contributed by atoms with Crippen LogP contribution in [0.5, 0.6) is 0 Å². The van der Waals surface area contributed by atoms with Gasteiger partial charge in [-0.2, -0.15) is 13.2 Å². The smallest absolute Gasteiger partial charge is 0.387 e. The van der Waals surface area contributed by atoms with E-state index in [2.05, 4.69) is 33.3 Å². The highest BCUT2D eigenvalue weighted by Gasteiger charge is 2.47. The van der Waals surface area contributed by atoms with Gasteiger partial charge in [0.2, 0.25) is 5.96 Å². The quantitative estimate of drug-likeness (QED) is 0.270. The SMILES string of the molecule is C/C=C\C(CC(=N)N)=C(/C)CCC1=NC(Nc2ccc3c(c2)CCN(C)C3)=NC(C)C1C(F)(F)F. The summed E-state index contributed by atoms with van der Waals surface area (Å²) in [4.78, 5) is 10.9. The summed E-state index contributed by atoms with van der Waals surface area (Å²) in [7, 11) is 2.08. The van der Waals surface area contributed by atoms with Crippen molar-refractivity contribution in [3.8, 4) is 0 Å². The Hall–Kier alpha value is -2.94. The Morgan fingerprint density at radius 1 is 1.31 bits per heavy atom. The molecule has 0 fully saturated rings. The molecule has 190 valence electrons. The summed E-state index contributed by atoms with van der Waals surface area (Å²) in [5.74, 6) is -1.50. The van der Waals surface area contributed by atoms with Gasteiger partial charge in [-0.1, -0.05) is 23.8 Å². The van der Waals surface area contributed by atoms with Gasteiger partial charge in [-0.25, -0.2) is 9.98 Å². The van der Waals surface area contributed by atoms with Gasteiger partial charge in [-0.3, -0.25) is 5.41 Å². The zero-order chi connectivity index (χ0) is 25.8. The number of amidine groups is 1. The number of nitrogens with two attached hydrogens (primary N) is 1. The summed E-state index contributed by atoms with van der Waals surface area (Å²) in [6, 6.07) is 5.04. The van der Waals surface area contributed by atoms with Gasteiger partial charge in [0, 0.05) is 30.9 Å². The van der Waals surface area contributed by atoms with E-state index < -0.39 is 18.1 Å². The first-order valence-electron chi connectivity index (χ1n) is 11.9. The molecule has 3 rings (SSSR count). The van der Waals surface area contributed by atoms with E-state index in [1.54, 1.807) is 0 Å². The molecule has 2 aliphatic rings. The first-order chi connectivity index (χ1) is 16.5. The number of halogens is 3. The monoisotopic (exact) mass is 488 g/mol. The number of nitrogens with one attached hydrogen (secondary N) is 2. The van der Waals surface area contributed by atoms with Crippen molar-refractivity contribution in [3.05, 3.63) is 52.6 Å². The van der Waals surface area contributed by atoms with Gasteiger partial charge in [0.05, 0.1) is 11.9 Å². The Morgan fingerprint density at radius 2 is 2.06 bits per heavy atom. The fourth-order valence-electron chi connectivity index (χ4n) is 4.65. The Kier molecular flexibility index (Phi) is 8.53. The molecule has 4 N–H and O–H groups in total. The lowest BCUT2D eigenvalue weighted by Gasteiger charge is -2.30. The molecular weight excluding hydrogens is 453 g/mol. The van der Waals surface area contributed by atoms with Gasteiger partial charge in [-0.05, 0) is 75.9 Å². The minimum Gasteiger partial charge on any atom is -0.387 e. The zero-order valence-corrected chi connectivity index (χ0v) is 20.8. The lowest BCUT2D eigenvalue weighted by Crippen LogP contribution is -2.42. The number of anilines is 1. The van der Waals surface area contributed by atoms with Crippen LogP contribution in [-0.4, -0.2) is 48.2 Å². The second kappa shape index (κ2) is 11.2. The zero-order valence-electron chi connectivity index (χ0n) is 20.8. The van der Waals surface area contributed by atoms with E-state index in [0.29, 0.717) is 6.42 Å². The number of benzene rings is 1. The third kappa shape index (κ3) is 7.04. The first kappa shape index (κ1) is 26.7. The van der Waals surface area contributed by atoms with Crippen LogP contribution in [0.1, 0.15) is 51.2 Å². The van der Waals surface area contributed by atoms with Crippen molar-refractivity contribution in [1.82, 2.24) is 4.90 Å². The average molecular weight is 489 g/mol. The molecule has 0 radical (unpaired) electrons. The van der Waals surface area contributed by atoms with Crippen molar-refractivity contribution in [1.29, 1.82) is 5.41 Å². The molecule has 35 heavy (non-hydrogen) atoms. The van der Waals surface area contributed by atoms with E-state index >= 15 is 0 Å². The molecule has 6 nitrogen and oxygen atoms in total. The van der Waals surface area contributed by atoms with Crippen LogP contribution in [0, 0.1) is 11.3 Å². The summed E-state index contributed by atoms with van der Waals surface area (Å²) in [6.07, 6.45) is 0.992. The first-order valence-corrected chi connectivity index (χ1v) is 11.9. The number of nitrogens with zero attached hydrogens (tertiary/aromatic N) is 3. The Bertz CT molecular complexity index is 1070. The average Bonchev–Trinajstić information content (AvgIpc) is 2.75. The van der Waals surface area contributed by atoms with Crippen molar-refractivity contribution >= 4 is 23.2 Å². The molecule has 0 amide bonds. The molecule has 2 heterocycles. The molecule has 1 aromatic carbocycles. The predicted octanol–water partition coefficient (Wildman–Crippen LogP) is 5.46. The number of allylic oxidation sites excluding steroid dienone is 3. The van der Waals surface area contributed by atoms with Crippen LogP contribution in [-0.2, 0) is 13.0 Å². The van der Waals surface area contributed by atoms with Gasteiger partial charge in [-0.15, -0.1) is 0 Å². The molecular formula is C26H35F3N6. The van der Waals surface area contributed by atoms with E-state index in [-0.39, 0.29) is 30.3 Å². The van der Waals surface area contributed by atoms with Crippen LogP contribution in [0.2, 0.25) is 0 Å². The third-order valence-corrected chi connectivity index (χ3v) is 6.49. The summed E-state index contributed by atoms with van der Waals surface area (Å²) >= 11 is 0. The van der Waals surface area contributed by atoms with Crippen LogP contribution in [0.3, 0.4) is 0 Å². The van der Waals surface area contributed by atoms with Crippen molar-refractivity contribution in [2.45, 2.75) is 65.2 Å². The number of aliphatic imine (C=N–C) groups is 2. The Balaban J connectivity index is 1.84. The lowest BCUT2D eigenvalue weighted by atomic mass is 9.89. The van der Waals surface area contributed by atoms with Gasteiger partial charge in [0.15, 0.2) is 0 Å². The highest BCUT2D eigenvalue weighted by Crippen LogP contribution is 2.35. The van der Waals surface area contributed by atoms with Gasteiger partial charge < -0.3 is 16.0 Å². The number of guanidine groups is 1. The maximum Gasteiger partial charge on any atom is 0.398 e. The van der Waals surface area contributed by atoms with Gasteiger partial charge >= 0.3 is 6.18 Å². The summed E-state index contributed by atoms with van der Waals surface area (Å²) in [6.45, 7) is 7.06. The maximum atomic E-state index is 13.9. The number of hydrogen-bond donors (Lipinski definition) is 3. The standard InChI is InChI=1S/C26H35F3N6/c1-5-6-18(14-23(30)31)16(2)7-10-22-24(26(27,28)29)17(3)32-25(34-22)33-21-9-8-20-15-35(4)12-11-19(20)13-21/h5-6,8-9,13,17,24H,7,10-12,14-15H2,1-4H3,(H3,30,31)(H,32,33)/b6-5-,18-16-. The summed E-state index contributed by atoms with van der Waals surface area (Å²) in [5, 5.41) is 10.7. The molecule has 0 saturated carbocycles. The van der Waals surface area contributed by atoms with Gasteiger partial charge in [0.1, 0.15) is 5.92 Å². The van der Waals surface area contributed by atoms with Crippen LogP contribution in [0.4, 0.5) is 18.9 Å². The number of likely N-dealkylation sites (N-methyl/N-ethyl adjacent to an activating group) is 1. The Morgan fingerprint density at radius 3 is 2.71 bits per heavy atom. The Labute approximate surface area is 205 Å². The number of fused-ring (bicyclic) bond motifs is 1. The topological polar surface area (TPSA) is 89.9 Å². The van der Waals surface area contributed by atoms with E-state index in [9.17, 15) is 13.2 Å². The molecule has 2 aliphatic heterocycles. The molecule has 9 heteroatoms. The second-order valence-electron chi connectivity index (χ2n) is 9.42. The number of rotatable bonds is 7. The van der Waals surface area contributed by atoms with E-state index in [4.69, 9.17) is 11.1 Å². The normalized spacial score (nSPS) is 21.8. The molecule has 0 aromatic heterocycles. The predicted molar refractivity (Wildman–Crippen MR) is 137 cm³/mol. The molecule has 2 unspecified atom stereocenters. The molecule has 0 aliphatic carbocycles. The van der Waals surface area contributed by atoms with Crippen LogP contribution < -0.4 is 11.1 Å². The highest BCUT2D eigenvalue weighted by molar-refractivity contribution is 6.06. The van der Waals surface area contributed by atoms with E-state index in [1.807, 2.05) is 38.1 Å². The van der Waals surface area contributed by atoms with E-state index in [0.717, 1.165) is 36.3 Å². The van der Waals surface area contributed by atoms with Crippen molar-refractivity contribution < 1.29 is 13.2 Å². The fraction of sp³-hybridized carbons (Fsp3) is 0.500. The number of alkyl halides is 3. The summed E-state index contributed by atoms with van der Waals surface area (Å²) < 4.78 is 41.8. The molecule has 0 bridgehead atoms. The summed E-state index contributed by atoms with van der Waals surface area (Å²) in [5.41, 5.74) is 10.6. The van der Waals surface area contributed by atoms with Crippen molar-refractivity contribution in [2.75, 3.05) is 18.9 Å². The largest absolute Gasteiger partial charge is 0.398 e. The highest BCUT2D eigenvalue weighted by atomic mass is 19.4. The molecule has 2 atom stereocenters. The third-order valence-electron chi connectivity index (χ3n) is 6.49. The van der Waals surface area contributed by atoms with Gasteiger partial charge in [0.25, 0.3) is 0 Å². The minimum absolute atomic E-state index is 0.0181. The second-order valence-corrected chi connectivity index (χ2v) is 9.42. The lowest BCUT2D eigenvalue weighted by molar-refractivity contribution is -0.159. The molecule has 0 saturated heterocycles. The van der Waals surface area contributed by atoms with E-state index in [1.165, 1.54) is 18.1 Å². The number of hydrogen-bond acceptors (Lipinski definition) is 5. The maximum absolute atomic E-state index is 13.9. The minimum atomic E-state index is -4.44. The van der Waals surface area contributed by atoms with Crippen LogP contribution in [0.15, 0.2) is 51.5 Å². The van der Waals surface area contributed by atoms with Crippen LogP contribution >= 0.6 is 0 Å². The molecule has 0 spiro atoms.